The normalized spacial score (nSPS) is 12.5. The predicted molar refractivity (Wildman–Crippen MR) is 209 cm³/mol. The van der Waals surface area contributed by atoms with E-state index in [1.807, 2.05) is 84.9 Å². The fourth-order valence-electron chi connectivity index (χ4n) is 5.43. The number of esters is 1. The van der Waals surface area contributed by atoms with Gasteiger partial charge >= 0.3 is 12.1 Å². The molecule has 2 atom stereocenters. The Hall–Kier alpha value is -4.74. The van der Waals surface area contributed by atoms with Crippen LogP contribution < -0.4 is 16.0 Å². The van der Waals surface area contributed by atoms with Crippen LogP contribution in [0.25, 0.3) is 0 Å². The highest BCUT2D eigenvalue weighted by Crippen LogP contribution is 2.48. The number of thioether (sulfide) groups is 2. The second-order valence-electron chi connectivity index (χ2n) is 12.9. The first-order valence-electron chi connectivity index (χ1n) is 17.2. The SMILES string of the molecule is CCOC(=O)CNC(=O)[C@H](CSCc1ccccc1)NC(=O)[C@@H](CSC(c1ccccc1)(c1ccccc1)c1ccccc1)NC(=O)OC(C)(C)C. The van der Waals surface area contributed by atoms with E-state index >= 15 is 0 Å². The van der Waals surface area contributed by atoms with E-state index in [0.717, 1.165) is 22.3 Å². The summed E-state index contributed by atoms with van der Waals surface area (Å²) in [6.45, 7) is 6.75. The average Bonchev–Trinajstić information content (AvgIpc) is 3.14. The van der Waals surface area contributed by atoms with E-state index in [0.29, 0.717) is 5.75 Å². The zero-order chi connectivity index (χ0) is 37.4. The number of carbonyl (C=O) groups excluding carboxylic acids is 4. The van der Waals surface area contributed by atoms with Crippen LogP contribution >= 0.6 is 23.5 Å². The van der Waals surface area contributed by atoms with Gasteiger partial charge in [0.1, 0.15) is 24.2 Å². The van der Waals surface area contributed by atoms with Gasteiger partial charge in [0.05, 0.1) is 11.4 Å². The van der Waals surface area contributed by atoms with E-state index in [1.54, 1.807) is 27.7 Å². The summed E-state index contributed by atoms with van der Waals surface area (Å²) in [5.41, 5.74) is 3.21. The molecule has 0 aliphatic heterocycles. The molecule has 0 saturated heterocycles. The minimum absolute atomic E-state index is 0.109. The van der Waals surface area contributed by atoms with Gasteiger partial charge in [-0.05, 0) is 49.9 Å². The van der Waals surface area contributed by atoms with Crippen molar-refractivity contribution in [2.24, 2.45) is 0 Å². The second kappa shape index (κ2) is 19.8. The van der Waals surface area contributed by atoms with Gasteiger partial charge < -0.3 is 25.4 Å². The Morgan fingerprint density at radius 3 is 1.62 bits per heavy atom. The molecule has 3 amide bonds. The molecule has 0 aromatic heterocycles. The van der Waals surface area contributed by atoms with Gasteiger partial charge in [-0.3, -0.25) is 14.4 Å². The molecule has 4 aromatic rings. The Morgan fingerprint density at radius 1 is 0.654 bits per heavy atom. The summed E-state index contributed by atoms with van der Waals surface area (Å²) < 4.78 is 9.78. The van der Waals surface area contributed by atoms with Crippen LogP contribution in [0.15, 0.2) is 121 Å². The Bertz CT molecular complexity index is 1620. The van der Waals surface area contributed by atoms with Gasteiger partial charge in [0.25, 0.3) is 0 Å². The molecule has 0 aliphatic carbocycles. The summed E-state index contributed by atoms with van der Waals surface area (Å²) in [4.78, 5) is 53.1. The number of carbonyl (C=O) groups is 4. The number of alkyl carbamates (subject to hydrolysis) is 1. The number of amides is 3. The van der Waals surface area contributed by atoms with Gasteiger partial charge in [0, 0.05) is 17.3 Å². The van der Waals surface area contributed by atoms with Gasteiger partial charge in [0.15, 0.2) is 0 Å². The summed E-state index contributed by atoms with van der Waals surface area (Å²) in [5, 5.41) is 8.26. The zero-order valence-corrected chi connectivity index (χ0v) is 31.6. The highest BCUT2D eigenvalue weighted by atomic mass is 32.2. The molecule has 0 spiro atoms. The van der Waals surface area contributed by atoms with E-state index in [2.05, 4.69) is 52.3 Å². The smallest absolute Gasteiger partial charge is 0.408 e. The van der Waals surface area contributed by atoms with Gasteiger partial charge in [-0.2, -0.15) is 11.8 Å². The number of ether oxygens (including phenoxy) is 2. The lowest BCUT2D eigenvalue weighted by Crippen LogP contribution is -2.56. The van der Waals surface area contributed by atoms with Crippen LogP contribution in [0.4, 0.5) is 4.79 Å². The van der Waals surface area contributed by atoms with Crippen molar-refractivity contribution in [2.75, 3.05) is 24.7 Å². The van der Waals surface area contributed by atoms with Gasteiger partial charge in [-0.25, -0.2) is 4.79 Å². The first-order valence-corrected chi connectivity index (χ1v) is 19.3. The number of benzene rings is 4. The van der Waals surface area contributed by atoms with Crippen molar-refractivity contribution in [3.05, 3.63) is 144 Å². The van der Waals surface area contributed by atoms with Gasteiger partial charge in [-0.15, -0.1) is 11.8 Å². The van der Waals surface area contributed by atoms with Crippen molar-refractivity contribution in [2.45, 2.75) is 55.9 Å². The summed E-state index contributed by atoms with van der Waals surface area (Å²) >= 11 is 2.96. The van der Waals surface area contributed by atoms with Crippen LogP contribution in [0.3, 0.4) is 0 Å². The van der Waals surface area contributed by atoms with Crippen molar-refractivity contribution in [3.8, 4) is 0 Å². The van der Waals surface area contributed by atoms with Crippen LogP contribution in [0.5, 0.6) is 0 Å². The maximum absolute atomic E-state index is 14.3. The molecule has 9 nitrogen and oxygen atoms in total. The Morgan fingerprint density at radius 2 is 1.13 bits per heavy atom. The van der Waals surface area contributed by atoms with Gasteiger partial charge in [0.2, 0.25) is 11.8 Å². The summed E-state index contributed by atoms with van der Waals surface area (Å²) in [6.07, 6.45) is -0.764. The standard InChI is InChI=1S/C41H47N3O6S2/c1-5-49-36(45)26-42-37(46)34(28-51-27-30-18-10-6-11-19-30)43-38(47)35(44-39(48)50-40(2,3)4)29-52-41(31-20-12-7-13-21-31,32-22-14-8-15-23-32)33-24-16-9-17-25-33/h6-25,34-35H,5,26-29H2,1-4H3,(H,42,46)(H,43,47)(H,44,48)/t34-,35+/m0/s1. The maximum Gasteiger partial charge on any atom is 0.408 e. The third kappa shape index (κ3) is 11.9. The third-order valence-electron chi connectivity index (χ3n) is 7.76. The quantitative estimate of drug-likeness (QED) is 0.0808. The summed E-state index contributed by atoms with van der Waals surface area (Å²) in [7, 11) is 0. The average molecular weight is 742 g/mol. The third-order valence-corrected chi connectivity index (χ3v) is 10.5. The molecular formula is C41H47N3O6S2. The zero-order valence-electron chi connectivity index (χ0n) is 30.0. The summed E-state index contributed by atoms with van der Waals surface area (Å²) in [6, 6.07) is 37.7. The van der Waals surface area contributed by atoms with Crippen LogP contribution in [-0.4, -0.2) is 66.2 Å². The Balaban J connectivity index is 1.67. The molecule has 0 saturated carbocycles. The maximum atomic E-state index is 14.3. The fourth-order valence-corrected chi connectivity index (χ4v) is 8.00. The molecule has 0 heterocycles. The monoisotopic (exact) mass is 741 g/mol. The molecular weight excluding hydrogens is 695 g/mol. The lowest BCUT2D eigenvalue weighted by molar-refractivity contribution is -0.143. The molecule has 52 heavy (non-hydrogen) atoms. The number of nitrogens with one attached hydrogen (secondary N) is 3. The van der Waals surface area contributed by atoms with Crippen LogP contribution in [0, 0.1) is 0 Å². The highest BCUT2D eigenvalue weighted by molar-refractivity contribution is 8.00. The van der Waals surface area contributed by atoms with Gasteiger partial charge in [-0.1, -0.05) is 121 Å². The van der Waals surface area contributed by atoms with E-state index in [1.165, 1.54) is 23.5 Å². The van der Waals surface area contributed by atoms with Crippen molar-refractivity contribution in [1.29, 1.82) is 0 Å². The molecule has 0 radical (unpaired) electrons. The first-order chi connectivity index (χ1) is 25.0. The van der Waals surface area contributed by atoms with Crippen molar-refractivity contribution in [1.82, 2.24) is 16.0 Å². The van der Waals surface area contributed by atoms with Crippen LogP contribution in [0.2, 0.25) is 0 Å². The first kappa shape index (κ1) is 40.0. The Kier molecular flexibility index (Phi) is 15.2. The van der Waals surface area contributed by atoms with Crippen molar-refractivity contribution in [3.63, 3.8) is 0 Å². The minimum atomic E-state index is -1.12. The van der Waals surface area contributed by atoms with Crippen LogP contribution in [-0.2, 0) is 34.4 Å². The molecule has 3 N–H and O–H groups in total. The number of hydrogen-bond acceptors (Lipinski definition) is 8. The molecule has 0 unspecified atom stereocenters. The Labute approximate surface area is 315 Å². The van der Waals surface area contributed by atoms with Crippen molar-refractivity contribution < 1.29 is 28.7 Å². The summed E-state index contributed by atoms with van der Waals surface area (Å²) in [5.74, 6) is -0.780. The molecule has 4 aromatic carbocycles. The largest absolute Gasteiger partial charge is 0.465 e. The topological polar surface area (TPSA) is 123 Å². The molecule has 0 aliphatic rings. The molecule has 4 rings (SSSR count). The van der Waals surface area contributed by atoms with Crippen molar-refractivity contribution >= 4 is 47.4 Å². The molecule has 11 heteroatoms. The molecule has 0 bridgehead atoms. The number of rotatable bonds is 17. The van der Waals surface area contributed by atoms with Crippen LogP contribution in [0.1, 0.15) is 49.9 Å². The fraction of sp³-hybridized carbons (Fsp3) is 0.317. The highest BCUT2D eigenvalue weighted by Gasteiger charge is 2.39. The number of hydrogen-bond donors (Lipinski definition) is 3. The minimum Gasteiger partial charge on any atom is -0.465 e. The lowest BCUT2D eigenvalue weighted by atomic mass is 9.84. The van der Waals surface area contributed by atoms with E-state index in [9.17, 15) is 19.2 Å². The second-order valence-corrected chi connectivity index (χ2v) is 15.1. The van der Waals surface area contributed by atoms with E-state index in [-0.39, 0.29) is 24.7 Å². The molecule has 0 fully saturated rings. The van der Waals surface area contributed by atoms with E-state index < -0.39 is 46.3 Å². The molecule has 274 valence electrons. The lowest BCUT2D eigenvalue weighted by Gasteiger charge is -2.36. The predicted octanol–water partition coefficient (Wildman–Crippen LogP) is 6.70. The van der Waals surface area contributed by atoms with E-state index in [4.69, 9.17) is 9.47 Å².